The zero-order valence-electron chi connectivity index (χ0n) is 20.5. The standard InChI is InChI=1S/C24H34N5O4/c1-8-32-21-15(2)16(3)22-28(27-23(25-7)29(22)26-21)14-20(31)17-11-18(24(4,5)6)13-19(12-17)33-10-9-30/h11-13,30H,8-10,14H2,1-7H3,(H,25,27)/q+1. The Labute approximate surface area is 194 Å². The molecule has 2 heterocycles. The van der Waals surface area contributed by atoms with Gasteiger partial charge in [-0.15, -0.1) is 4.68 Å². The van der Waals surface area contributed by atoms with E-state index in [-0.39, 0.29) is 31.0 Å². The van der Waals surface area contributed by atoms with Crippen molar-refractivity contribution in [2.45, 2.75) is 53.5 Å². The van der Waals surface area contributed by atoms with Gasteiger partial charge in [-0.05, 0) is 60.1 Å². The van der Waals surface area contributed by atoms with Gasteiger partial charge in [0, 0.05) is 18.2 Å². The van der Waals surface area contributed by atoms with Gasteiger partial charge in [-0.3, -0.25) is 4.79 Å². The highest BCUT2D eigenvalue weighted by Gasteiger charge is 2.28. The lowest BCUT2D eigenvalue weighted by atomic mass is 9.85. The van der Waals surface area contributed by atoms with Crippen LogP contribution in [-0.4, -0.2) is 52.5 Å². The SMILES string of the molecule is CCOc1nn2c(NC)n[n+](CC(=O)c3cc(OCCO)cc(C(C)(C)C)c3)c2c(C)c1C. The molecule has 3 aromatic rings. The first-order valence-corrected chi connectivity index (χ1v) is 11.1. The molecule has 33 heavy (non-hydrogen) atoms. The first-order valence-electron chi connectivity index (χ1n) is 11.1. The molecule has 0 amide bonds. The fourth-order valence-corrected chi connectivity index (χ4v) is 3.56. The molecule has 0 aliphatic heterocycles. The summed E-state index contributed by atoms with van der Waals surface area (Å²) in [6.07, 6.45) is 0. The Morgan fingerprint density at radius 3 is 2.52 bits per heavy atom. The molecule has 0 fully saturated rings. The van der Waals surface area contributed by atoms with E-state index in [1.165, 1.54) is 0 Å². The van der Waals surface area contributed by atoms with Crippen molar-refractivity contribution in [3.63, 3.8) is 0 Å². The maximum absolute atomic E-state index is 13.4. The number of nitrogens with zero attached hydrogens (tertiary/aromatic N) is 4. The van der Waals surface area contributed by atoms with E-state index in [2.05, 4.69) is 36.3 Å². The molecule has 2 N–H and O–H groups in total. The quantitative estimate of drug-likeness (QED) is 0.377. The van der Waals surface area contributed by atoms with Crippen LogP contribution in [-0.2, 0) is 12.0 Å². The molecule has 0 atom stereocenters. The molecule has 0 aliphatic rings. The third-order valence-corrected chi connectivity index (χ3v) is 5.52. The number of rotatable bonds is 9. The molecule has 2 aromatic heterocycles. The van der Waals surface area contributed by atoms with Crippen LogP contribution in [0.2, 0.25) is 0 Å². The minimum absolute atomic E-state index is 0.0359. The average molecular weight is 457 g/mol. The highest BCUT2D eigenvalue weighted by molar-refractivity contribution is 5.95. The smallest absolute Gasteiger partial charge is 0.357 e. The number of benzene rings is 1. The molecule has 0 spiro atoms. The molecular weight excluding hydrogens is 422 g/mol. The molecule has 0 saturated carbocycles. The van der Waals surface area contributed by atoms with Crippen LogP contribution in [0.3, 0.4) is 0 Å². The lowest BCUT2D eigenvalue weighted by Gasteiger charge is -2.21. The van der Waals surface area contributed by atoms with Gasteiger partial charge in [0.15, 0.2) is 6.54 Å². The van der Waals surface area contributed by atoms with Gasteiger partial charge in [-0.2, -0.15) is 0 Å². The number of aryl methyl sites for hydroxylation is 1. The summed E-state index contributed by atoms with van der Waals surface area (Å²) in [5, 5.41) is 21.3. The van der Waals surface area contributed by atoms with Crippen molar-refractivity contribution in [1.82, 2.24) is 14.7 Å². The number of carbonyl (C=O) groups excluding carboxylic acids is 1. The molecule has 0 radical (unpaired) electrons. The van der Waals surface area contributed by atoms with Crippen LogP contribution in [0.5, 0.6) is 11.6 Å². The summed E-state index contributed by atoms with van der Waals surface area (Å²) in [7, 11) is 1.76. The Hall–Kier alpha value is -3.20. The van der Waals surface area contributed by atoms with E-state index in [9.17, 15) is 4.79 Å². The Kier molecular flexibility index (Phi) is 7.22. The Bertz CT molecular complexity index is 1160. The summed E-state index contributed by atoms with van der Waals surface area (Å²) in [5.41, 5.74) is 3.90. The van der Waals surface area contributed by atoms with Crippen LogP contribution in [0.15, 0.2) is 18.2 Å². The number of ketones is 1. The van der Waals surface area contributed by atoms with Crippen LogP contribution >= 0.6 is 0 Å². The van der Waals surface area contributed by atoms with Crippen molar-refractivity contribution in [3.05, 3.63) is 40.5 Å². The van der Waals surface area contributed by atoms with E-state index in [1.54, 1.807) is 22.3 Å². The van der Waals surface area contributed by atoms with Crippen LogP contribution < -0.4 is 19.5 Å². The fourth-order valence-electron chi connectivity index (χ4n) is 3.56. The molecular formula is C24H34N5O4+. The molecule has 3 rings (SSSR count). The predicted octanol–water partition coefficient (Wildman–Crippen LogP) is 2.63. The second-order valence-electron chi connectivity index (χ2n) is 8.95. The number of Topliss-reactive ketones (excluding diaryl/α,β-unsaturated/α-hetero) is 1. The highest BCUT2D eigenvalue weighted by Crippen LogP contribution is 2.28. The second-order valence-corrected chi connectivity index (χ2v) is 8.95. The van der Waals surface area contributed by atoms with Crippen molar-refractivity contribution in [2.75, 3.05) is 32.2 Å². The topological polar surface area (TPSA) is 102 Å². The minimum atomic E-state index is -0.172. The van der Waals surface area contributed by atoms with Crippen molar-refractivity contribution >= 4 is 17.4 Å². The summed E-state index contributed by atoms with van der Waals surface area (Å²) in [6, 6.07) is 5.53. The first-order chi connectivity index (χ1) is 15.6. The monoisotopic (exact) mass is 456 g/mol. The fraction of sp³-hybridized carbons (Fsp3) is 0.500. The first kappa shape index (κ1) is 24.4. The van der Waals surface area contributed by atoms with E-state index >= 15 is 0 Å². The summed E-state index contributed by atoms with van der Waals surface area (Å²) < 4.78 is 14.6. The number of ether oxygens (including phenoxy) is 2. The zero-order chi connectivity index (χ0) is 24.3. The van der Waals surface area contributed by atoms with Crippen molar-refractivity contribution in [3.8, 4) is 11.6 Å². The highest BCUT2D eigenvalue weighted by atomic mass is 16.5. The number of fused-ring (bicyclic) bond motifs is 1. The van der Waals surface area contributed by atoms with Gasteiger partial charge < -0.3 is 19.9 Å². The Morgan fingerprint density at radius 1 is 1.18 bits per heavy atom. The number of hydrogen-bond donors (Lipinski definition) is 2. The lowest BCUT2D eigenvalue weighted by Crippen LogP contribution is -2.41. The molecule has 0 unspecified atom stereocenters. The second kappa shape index (κ2) is 9.74. The van der Waals surface area contributed by atoms with E-state index in [0.717, 1.165) is 22.3 Å². The van der Waals surface area contributed by atoms with Crippen molar-refractivity contribution in [2.24, 2.45) is 0 Å². The van der Waals surface area contributed by atoms with Crippen LogP contribution in [0.25, 0.3) is 5.65 Å². The molecule has 0 saturated heterocycles. The van der Waals surface area contributed by atoms with Crippen molar-refractivity contribution < 1.29 is 24.1 Å². The molecule has 178 valence electrons. The Morgan fingerprint density at radius 2 is 1.91 bits per heavy atom. The molecule has 1 aromatic carbocycles. The lowest BCUT2D eigenvalue weighted by molar-refractivity contribution is -0.714. The van der Waals surface area contributed by atoms with E-state index in [1.807, 2.05) is 32.9 Å². The maximum Gasteiger partial charge on any atom is 0.357 e. The number of anilines is 1. The summed E-state index contributed by atoms with van der Waals surface area (Å²) in [6.45, 7) is 12.7. The van der Waals surface area contributed by atoms with E-state index < -0.39 is 0 Å². The zero-order valence-corrected chi connectivity index (χ0v) is 20.5. The summed E-state index contributed by atoms with van der Waals surface area (Å²) in [5.74, 6) is 1.51. The number of aliphatic hydroxyl groups excluding tert-OH is 1. The number of hydrogen-bond acceptors (Lipinski definition) is 7. The largest absolute Gasteiger partial charge is 0.491 e. The van der Waals surface area contributed by atoms with Gasteiger partial charge in [0.1, 0.15) is 12.4 Å². The van der Waals surface area contributed by atoms with Gasteiger partial charge in [0.2, 0.25) is 5.78 Å². The molecule has 9 heteroatoms. The number of aliphatic hydroxyl groups is 1. The third-order valence-electron chi connectivity index (χ3n) is 5.52. The van der Waals surface area contributed by atoms with Crippen LogP contribution in [0.4, 0.5) is 5.95 Å². The van der Waals surface area contributed by atoms with E-state index in [4.69, 9.17) is 14.6 Å². The van der Waals surface area contributed by atoms with Crippen molar-refractivity contribution in [1.29, 1.82) is 0 Å². The van der Waals surface area contributed by atoms with Gasteiger partial charge in [-0.25, -0.2) is 0 Å². The normalized spacial score (nSPS) is 11.6. The van der Waals surface area contributed by atoms with Gasteiger partial charge >= 0.3 is 11.6 Å². The van der Waals surface area contributed by atoms with E-state index in [0.29, 0.717) is 29.7 Å². The summed E-state index contributed by atoms with van der Waals surface area (Å²) >= 11 is 0. The predicted molar refractivity (Wildman–Crippen MR) is 125 cm³/mol. The molecule has 0 aliphatic carbocycles. The molecule has 0 bridgehead atoms. The number of nitrogens with one attached hydrogen (secondary N) is 1. The molecule has 9 nitrogen and oxygen atoms in total. The average Bonchev–Trinajstić information content (AvgIpc) is 3.12. The Balaban J connectivity index is 2.05. The maximum atomic E-state index is 13.4. The van der Waals surface area contributed by atoms with Gasteiger partial charge in [0.25, 0.3) is 5.88 Å². The summed E-state index contributed by atoms with van der Waals surface area (Å²) in [4.78, 5) is 13.4. The number of aromatic nitrogens is 4. The minimum Gasteiger partial charge on any atom is -0.491 e. The van der Waals surface area contributed by atoms with Gasteiger partial charge in [-0.1, -0.05) is 25.3 Å². The van der Waals surface area contributed by atoms with Crippen LogP contribution in [0.1, 0.15) is 54.7 Å². The number of carbonyl (C=O) groups is 1. The van der Waals surface area contributed by atoms with Crippen LogP contribution in [0, 0.1) is 13.8 Å². The van der Waals surface area contributed by atoms with Gasteiger partial charge in [0.05, 0.1) is 18.8 Å². The third kappa shape index (κ3) is 5.08.